The average molecular weight is 317 g/mol. The fourth-order valence-corrected chi connectivity index (χ4v) is 2.51. The Balaban J connectivity index is 3.96. The summed E-state index contributed by atoms with van der Waals surface area (Å²) in [4.78, 5) is 4.92. The fourth-order valence-electron chi connectivity index (χ4n) is 2.51. The van der Waals surface area contributed by atoms with Crippen molar-refractivity contribution < 1.29 is 0 Å². The van der Waals surface area contributed by atoms with Crippen molar-refractivity contribution in [2.24, 2.45) is 17.2 Å². The van der Waals surface area contributed by atoms with Crippen molar-refractivity contribution in [3.63, 3.8) is 0 Å². The molecule has 0 aliphatic rings. The quantitative estimate of drug-likeness (QED) is 0.274. The van der Waals surface area contributed by atoms with Gasteiger partial charge < -0.3 is 27.4 Å². The highest BCUT2D eigenvalue weighted by molar-refractivity contribution is 4.66. The summed E-state index contributed by atoms with van der Waals surface area (Å²) in [6.07, 6.45) is 4.74. The molecule has 0 aliphatic carbocycles. The first-order valence-electron chi connectivity index (χ1n) is 9.04. The summed E-state index contributed by atoms with van der Waals surface area (Å²) in [6, 6.07) is 0. The van der Waals surface area contributed by atoms with Crippen molar-refractivity contribution in [1.82, 2.24) is 15.1 Å². The molecule has 0 aromatic heterocycles. The van der Waals surface area contributed by atoms with Crippen molar-refractivity contribution in [3.05, 3.63) is 0 Å². The summed E-state index contributed by atoms with van der Waals surface area (Å²) in [6.45, 7) is 12.9. The highest BCUT2D eigenvalue weighted by Crippen LogP contribution is 1.99. The summed E-state index contributed by atoms with van der Waals surface area (Å²) >= 11 is 0. The Hall–Kier alpha value is -0.240. The summed E-state index contributed by atoms with van der Waals surface area (Å²) in [5.74, 6) is 0. The summed E-state index contributed by atoms with van der Waals surface area (Å²) in [7, 11) is 0. The van der Waals surface area contributed by atoms with E-state index < -0.39 is 0 Å². The molecular formula is C16H40N6. The lowest BCUT2D eigenvalue weighted by molar-refractivity contribution is 0.206. The Morgan fingerprint density at radius 1 is 0.636 bits per heavy atom. The van der Waals surface area contributed by atoms with Gasteiger partial charge in [0.1, 0.15) is 0 Å². The highest BCUT2D eigenvalue weighted by atomic mass is 15.2. The molecular weight excluding hydrogens is 276 g/mol. The van der Waals surface area contributed by atoms with E-state index in [1.165, 1.54) is 19.3 Å². The molecule has 0 heterocycles. The van der Waals surface area contributed by atoms with Gasteiger partial charge in [0.05, 0.1) is 0 Å². The topological polar surface area (TPSA) is 96.6 Å². The molecule has 6 heteroatoms. The first-order chi connectivity index (χ1) is 10.8. The second-order valence-corrected chi connectivity index (χ2v) is 5.86. The smallest absolute Gasteiger partial charge is 0.0110 e. The van der Waals surface area contributed by atoms with E-state index in [1.807, 2.05) is 0 Å². The van der Waals surface area contributed by atoms with E-state index in [0.717, 1.165) is 78.4 Å². The molecule has 0 saturated carbocycles. The molecule has 0 spiro atoms. The predicted octanol–water partition coefficient (Wildman–Crippen LogP) is -0.364. The normalized spacial score (nSPS) is 11.7. The van der Waals surface area contributed by atoms with Crippen LogP contribution in [0.4, 0.5) is 0 Å². The summed E-state index contributed by atoms with van der Waals surface area (Å²) in [5.41, 5.74) is 17.0. The van der Waals surface area contributed by atoms with Crippen LogP contribution in [-0.2, 0) is 0 Å². The molecule has 0 radical (unpaired) electrons. The third-order valence-electron chi connectivity index (χ3n) is 3.83. The number of nitrogens with one attached hydrogen (secondary N) is 1. The molecule has 0 atom stereocenters. The van der Waals surface area contributed by atoms with Gasteiger partial charge in [-0.15, -0.1) is 0 Å². The SMILES string of the molecule is CCCNCCN(CCN)CCN(CCN)CCCCCN. The van der Waals surface area contributed by atoms with Gasteiger partial charge in [0.15, 0.2) is 0 Å². The van der Waals surface area contributed by atoms with Crippen molar-refractivity contribution in [2.75, 3.05) is 72.0 Å². The fraction of sp³-hybridized carbons (Fsp3) is 1.00. The third kappa shape index (κ3) is 13.4. The Labute approximate surface area is 137 Å². The Kier molecular flexibility index (Phi) is 16.9. The van der Waals surface area contributed by atoms with E-state index >= 15 is 0 Å². The molecule has 0 fully saturated rings. The Bertz CT molecular complexity index is 193. The van der Waals surface area contributed by atoms with Crippen molar-refractivity contribution >= 4 is 0 Å². The van der Waals surface area contributed by atoms with Crippen LogP contribution < -0.4 is 22.5 Å². The predicted molar refractivity (Wildman–Crippen MR) is 97.1 cm³/mol. The first-order valence-corrected chi connectivity index (χ1v) is 9.04. The van der Waals surface area contributed by atoms with Gasteiger partial charge in [0.25, 0.3) is 0 Å². The van der Waals surface area contributed by atoms with Gasteiger partial charge in [-0.05, 0) is 38.9 Å². The molecule has 0 unspecified atom stereocenters. The van der Waals surface area contributed by atoms with Crippen molar-refractivity contribution in [1.29, 1.82) is 0 Å². The zero-order valence-corrected chi connectivity index (χ0v) is 14.7. The number of rotatable bonds is 17. The average Bonchev–Trinajstić information content (AvgIpc) is 2.52. The van der Waals surface area contributed by atoms with E-state index in [0.29, 0.717) is 0 Å². The van der Waals surface area contributed by atoms with Crippen molar-refractivity contribution in [2.45, 2.75) is 32.6 Å². The third-order valence-corrected chi connectivity index (χ3v) is 3.83. The molecule has 0 aromatic rings. The van der Waals surface area contributed by atoms with E-state index in [4.69, 9.17) is 17.2 Å². The molecule has 6 nitrogen and oxygen atoms in total. The van der Waals surface area contributed by atoms with E-state index in [9.17, 15) is 0 Å². The Morgan fingerprint density at radius 2 is 1.27 bits per heavy atom. The maximum absolute atomic E-state index is 5.73. The van der Waals surface area contributed by atoms with Crippen LogP contribution in [0.1, 0.15) is 32.6 Å². The Morgan fingerprint density at radius 3 is 1.82 bits per heavy atom. The van der Waals surface area contributed by atoms with E-state index in [1.54, 1.807) is 0 Å². The maximum Gasteiger partial charge on any atom is 0.0110 e. The number of nitrogens with zero attached hydrogens (tertiary/aromatic N) is 2. The van der Waals surface area contributed by atoms with Crippen LogP contribution in [0.15, 0.2) is 0 Å². The largest absolute Gasteiger partial charge is 0.330 e. The lowest BCUT2D eigenvalue weighted by Gasteiger charge is -2.27. The standard InChI is InChI=1S/C16H40N6/c1-2-9-20-10-14-22(13-8-19)16-15-21(12-7-18)11-5-3-4-6-17/h20H,2-19H2,1H3. The van der Waals surface area contributed by atoms with Crippen LogP contribution in [0.2, 0.25) is 0 Å². The van der Waals surface area contributed by atoms with E-state index in [2.05, 4.69) is 22.0 Å². The van der Waals surface area contributed by atoms with Crippen LogP contribution in [0.25, 0.3) is 0 Å². The second kappa shape index (κ2) is 17.1. The van der Waals surface area contributed by atoms with Crippen LogP contribution in [0.3, 0.4) is 0 Å². The molecule has 22 heavy (non-hydrogen) atoms. The molecule has 134 valence electrons. The van der Waals surface area contributed by atoms with Crippen LogP contribution >= 0.6 is 0 Å². The van der Waals surface area contributed by atoms with Crippen LogP contribution in [0.5, 0.6) is 0 Å². The first kappa shape index (κ1) is 21.8. The van der Waals surface area contributed by atoms with Gasteiger partial charge in [-0.3, -0.25) is 4.90 Å². The number of nitrogens with two attached hydrogens (primary N) is 3. The lowest BCUT2D eigenvalue weighted by atomic mass is 10.2. The van der Waals surface area contributed by atoms with Crippen LogP contribution in [-0.4, -0.2) is 81.8 Å². The van der Waals surface area contributed by atoms with Gasteiger partial charge in [-0.1, -0.05) is 13.3 Å². The highest BCUT2D eigenvalue weighted by Gasteiger charge is 2.08. The van der Waals surface area contributed by atoms with Gasteiger partial charge in [0.2, 0.25) is 0 Å². The number of unbranched alkanes of at least 4 members (excludes halogenated alkanes) is 2. The van der Waals surface area contributed by atoms with Crippen molar-refractivity contribution in [3.8, 4) is 0 Å². The molecule has 0 bridgehead atoms. The van der Waals surface area contributed by atoms with Crippen LogP contribution in [0, 0.1) is 0 Å². The minimum Gasteiger partial charge on any atom is -0.330 e. The van der Waals surface area contributed by atoms with Gasteiger partial charge >= 0.3 is 0 Å². The zero-order valence-electron chi connectivity index (χ0n) is 14.7. The number of hydrogen-bond acceptors (Lipinski definition) is 6. The lowest BCUT2D eigenvalue weighted by Crippen LogP contribution is -2.42. The molecule has 0 saturated heterocycles. The van der Waals surface area contributed by atoms with E-state index in [-0.39, 0.29) is 0 Å². The molecule has 0 rings (SSSR count). The summed E-state index contributed by atoms with van der Waals surface area (Å²) < 4.78 is 0. The minimum atomic E-state index is 0.723. The molecule has 0 aliphatic heterocycles. The monoisotopic (exact) mass is 316 g/mol. The molecule has 7 N–H and O–H groups in total. The van der Waals surface area contributed by atoms with Gasteiger partial charge in [-0.2, -0.15) is 0 Å². The summed E-state index contributed by atoms with van der Waals surface area (Å²) in [5, 5.41) is 3.46. The second-order valence-electron chi connectivity index (χ2n) is 5.86. The molecule has 0 aromatic carbocycles. The zero-order chi connectivity index (χ0) is 16.5. The van der Waals surface area contributed by atoms with Gasteiger partial charge in [0, 0.05) is 52.4 Å². The maximum atomic E-state index is 5.73. The molecule has 0 amide bonds. The minimum absolute atomic E-state index is 0.723. The van der Waals surface area contributed by atoms with Gasteiger partial charge in [-0.25, -0.2) is 0 Å². The number of hydrogen-bond donors (Lipinski definition) is 4.